The number of ether oxygens (including phenoxy) is 1. The Hall–Kier alpha value is -1.89. The lowest BCUT2D eigenvalue weighted by Gasteiger charge is -2.23. The zero-order chi connectivity index (χ0) is 19.5. The normalized spacial score (nSPS) is 16.6. The van der Waals surface area contributed by atoms with Crippen LogP contribution in [0.5, 0.6) is 0 Å². The smallest absolute Gasteiger partial charge is 0.239 e. The third-order valence-electron chi connectivity index (χ3n) is 4.86. The molecule has 0 bridgehead atoms. The number of hydrogen-bond acceptors (Lipinski definition) is 5. The number of fused-ring (bicyclic) bond motifs is 1. The van der Waals surface area contributed by atoms with Gasteiger partial charge in [-0.25, -0.2) is 4.98 Å². The molecule has 3 aromatic rings. The molecule has 6 heteroatoms. The SMILES string of the molecule is Cc1cc(C)c2sc(N(CC3CCCO3)C(=O)CSc3ccccc3)nc2c1. The van der Waals surface area contributed by atoms with Crippen molar-refractivity contribution in [3.05, 3.63) is 53.6 Å². The lowest BCUT2D eigenvalue weighted by atomic mass is 10.1. The molecule has 1 fully saturated rings. The summed E-state index contributed by atoms with van der Waals surface area (Å²) in [5.41, 5.74) is 3.37. The number of thiazole rings is 1. The standard InChI is InChI=1S/C22H24N2O2S2/c1-15-11-16(2)21-19(12-15)23-22(28-21)24(13-17-7-6-10-26-17)20(25)14-27-18-8-4-3-5-9-18/h3-5,8-9,11-12,17H,6-7,10,13-14H2,1-2H3. The molecule has 0 spiro atoms. The van der Waals surface area contributed by atoms with Crippen molar-refractivity contribution in [1.82, 2.24) is 4.98 Å². The van der Waals surface area contributed by atoms with Gasteiger partial charge in [-0.1, -0.05) is 35.6 Å². The molecule has 2 aromatic carbocycles. The molecule has 0 N–H and O–H groups in total. The Labute approximate surface area is 173 Å². The summed E-state index contributed by atoms with van der Waals surface area (Å²) in [6, 6.07) is 14.3. The van der Waals surface area contributed by atoms with Crippen molar-refractivity contribution in [3.63, 3.8) is 0 Å². The number of carbonyl (C=O) groups is 1. The van der Waals surface area contributed by atoms with Crippen LogP contribution in [0.1, 0.15) is 24.0 Å². The highest BCUT2D eigenvalue weighted by molar-refractivity contribution is 8.00. The van der Waals surface area contributed by atoms with Crippen LogP contribution in [0.15, 0.2) is 47.4 Å². The topological polar surface area (TPSA) is 42.4 Å². The minimum Gasteiger partial charge on any atom is -0.376 e. The lowest BCUT2D eigenvalue weighted by Crippen LogP contribution is -2.38. The number of benzene rings is 2. The number of amides is 1. The summed E-state index contributed by atoms with van der Waals surface area (Å²) in [5.74, 6) is 0.475. The van der Waals surface area contributed by atoms with Crippen LogP contribution >= 0.6 is 23.1 Å². The van der Waals surface area contributed by atoms with Gasteiger partial charge in [-0.3, -0.25) is 9.69 Å². The van der Waals surface area contributed by atoms with Crippen LogP contribution < -0.4 is 4.90 Å². The van der Waals surface area contributed by atoms with E-state index in [4.69, 9.17) is 9.72 Å². The lowest BCUT2D eigenvalue weighted by molar-refractivity contribution is -0.116. The van der Waals surface area contributed by atoms with Gasteiger partial charge in [-0.05, 0) is 56.0 Å². The maximum Gasteiger partial charge on any atom is 0.239 e. The van der Waals surface area contributed by atoms with Crippen molar-refractivity contribution in [2.45, 2.75) is 37.7 Å². The molecule has 0 radical (unpaired) electrons. The first-order chi connectivity index (χ1) is 13.6. The van der Waals surface area contributed by atoms with E-state index in [1.54, 1.807) is 23.1 Å². The van der Waals surface area contributed by atoms with E-state index in [0.29, 0.717) is 12.3 Å². The molecule has 1 aromatic heterocycles. The van der Waals surface area contributed by atoms with E-state index in [1.165, 1.54) is 11.1 Å². The van der Waals surface area contributed by atoms with Crippen molar-refractivity contribution in [2.75, 3.05) is 23.8 Å². The van der Waals surface area contributed by atoms with Gasteiger partial charge >= 0.3 is 0 Å². The molecule has 0 aliphatic carbocycles. The fraction of sp³-hybridized carbons (Fsp3) is 0.364. The van der Waals surface area contributed by atoms with Crippen molar-refractivity contribution < 1.29 is 9.53 Å². The van der Waals surface area contributed by atoms with Crippen LogP contribution in [0.4, 0.5) is 5.13 Å². The molecular formula is C22H24N2O2S2. The maximum atomic E-state index is 13.1. The number of carbonyl (C=O) groups excluding carboxylic acids is 1. The summed E-state index contributed by atoms with van der Waals surface area (Å²) < 4.78 is 6.97. The Balaban J connectivity index is 1.59. The molecule has 1 saturated heterocycles. The fourth-order valence-electron chi connectivity index (χ4n) is 3.50. The summed E-state index contributed by atoms with van der Waals surface area (Å²) >= 11 is 3.17. The second-order valence-corrected chi connectivity index (χ2v) is 9.19. The van der Waals surface area contributed by atoms with Crippen molar-refractivity contribution in [3.8, 4) is 0 Å². The molecule has 4 nitrogen and oxygen atoms in total. The Morgan fingerprint density at radius 2 is 2.11 bits per heavy atom. The molecule has 2 heterocycles. The maximum absolute atomic E-state index is 13.1. The van der Waals surface area contributed by atoms with E-state index in [0.717, 1.165) is 39.7 Å². The minimum absolute atomic E-state index is 0.0813. The van der Waals surface area contributed by atoms with Gasteiger partial charge in [0.2, 0.25) is 5.91 Å². The molecule has 0 saturated carbocycles. The van der Waals surface area contributed by atoms with Crippen LogP contribution in [0.3, 0.4) is 0 Å². The van der Waals surface area contributed by atoms with Gasteiger partial charge in [0.1, 0.15) is 0 Å². The number of anilines is 1. The third-order valence-corrected chi connectivity index (χ3v) is 7.08. The van der Waals surface area contributed by atoms with E-state index in [-0.39, 0.29) is 12.0 Å². The molecule has 146 valence electrons. The van der Waals surface area contributed by atoms with Gasteiger partial charge in [-0.2, -0.15) is 0 Å². The van der Waals surface area contributed by atoms with Crippen LogP contribution in [-0.2, 0) is 9.53 Å². The predicted molar refractivity (Wildman–Crippen MR) is 118 cm³/mol. The summed E-state index contributed by atoms with van der Waals surface area (Å²) in [7, 11) is 0. The molecule has 4 rings (SSSR count). The Kier molecular flexibility index (Phi) is 5.99. The Bertz CT molecular complexity index is 965. The predicted octanol–water partition coefficient (Wildman–Crippen LogP) is 5.22. The van der Waals surface area contributed by atoms with Gasteiger partial charge in [0.25, 0.3) is 0 Å². The monoisotopic (exact) mass is 412 g/mol. The highest BCUT2D eigenvalue weighted by Crippen LogP contribution is 2.33. The second kappa shape index (κ2) is 8.64. The van der Waals surface area contributed by atoms with Crippen molar-refractivity contribution in [2.24, 2.45) is 0 Å². The summed E-state index contributed by atoms with van der Waals surface area (Å²) in [6.07, 6.45) is 2.16. The Morgan fingerprint density at radius 3 is 2.86 bits per heavy atom. The fourth-order valence-corrected chi connectivity index (χ4v) is 5.34. The summed E-state index contributed by atoms with van der Waals surface area (Å²) in [6.45, 7) is 5.54. The zero-order valence-corrected chi connectivity index (χ0v) is 17.8. The molecule has 1 unspecified atom stereocenters. The van der Waals surface area contributed by atoms with Gasteiger partial charge < -0.3 is 4.74 Å². The molecule has 1 aliphatic heterocycles. The summed E-state index contributed by atoms with van der Waals surface area (Å²) in [4.78, 5) is 20.9. The largest absolute Gasteiger partial charge is 0.376 e. The highest BCUT2D eigenvalue weighted by atomic mass is 32.2. The van der Waals surface area contributed by atoms with E-state index >= 15 is 0 Å². The highest BCUT2D eigenvalue weighted by Gasteiger charge is 2.26. The first-order valence-corrected chi connectivity index (χ1v) is 11.4. The number of thioether (sulfide) groups is 1. The van der Waals surface area contributed by atoms with Gasteiger partial charge in [0.05, 0.1) is 28.6 Å². The van der Waals surface area contributed by atoms with Gasteiger partial charge in [-0.15, -0.1) is 11.8 Å². The molecule has 1 atom stereocenters. The molecule has 1 amide bonds. The van der Waals surface area contributed by atoms with Crippen molar-refractivity contribution >= 4 is 44.4 Å². The molecular weight excluding hydrogens is 388 g/mol. The number of aromatic nitrogens is 1. The zero-order valence-electron chi connectivity index (χ0n) is 16.2. The first kappa shape index (κ1) is 19.4. The molecule has 1 aliphatic rings. The summed E-state index contributed by atoms with van der Waals surface area (Å²) in [5, 5.41) is 0.776. The van der Waals surface area contributed by atoms with Crippen LogP contribution in [0, 0.1) is 13.8 Å². The van der Waals surface area contributed by atoms with Crippen molar-refractivity contribution in [1.29, 1.82) is 0 Å². The number of aryl methyl sites for hydroxylation is 2. The number of nitrogens with zero attached hydrogens (tertiary/aromatic N) is 2. The number of hydrogen-bond donors (Lipinski definition) is 0. The third kappa shape index (κ3) is 4.40. The second-order valence-electron chi connectivity index (χ2n) is 7.17. The average Bonchev–Trinajstić information content (AvgIpc) is 3.34. The van der Waals surface area contributed by atoms with E-state index in [1.807, 2.05) is 35.2 Å². The van der Waals surface area contributed by atoms with E-state index in [2.05, 4.69) is 26.0 Å². The van der Waals surface area contributed by atoms with E-state index in [9.17, 15) is 4.79 Å². The first-order valence-electron chi connectivity index (χ1n) is 9.58. The minimum atomic E-state index is 0.0813. The van der Waals surface area contributed by atoms with Crippen LogP contribution in [0.25, 0.3) is 10.2 Å². The van der Waals surface area contributed by atoms with Gasteiger partial charge in [0.15, 0.2) is 5.13 Å². The number of rotatable bonds is 6. The quantitative estimate of drug-likeness (QED) is 0.521. The van der Waals surface area contributed by atoms with Crippen LogP contribution in [-0.4, -0.2) is 35.9 Å². The molecule has 28 heavy (non-hydrogen) atoms. The Morgan fingerprint density at radius 1 is 1.29 bits per heavy atom. The van der Waals surface area contributed by atoms with E-state index < -0.39 is 0 Å². The average molecular weight is 413 g/mol. The van der Waals surface area contributed by atoms with Crippen LogP contribution in [0.2, 0.25) is 0 Å². The van der Waals surface area contributed by atoms with Gasteiger partial charge in [0, 0.05) is 11.5 Å².